The number of rotatable bonds is 3. The number of hydrogen-bond donors (Lipinski definition) is 2. The molecule has 128 valence electrons. The number of anilines is 3. The van der Waals surface area contributed by atoms with Gasteiger partial charge in [-0.25, -0.2) is 24.3 Å². The molecule has 0 aliphatic heterocycles. The molecule has 0 saturated carbocycles. The lowest BCUT2D eigenvalue weighted by Gasteiger charge is -2.11. The van der Waals surface area contributed by atoms with Crippen molar-refractivity contribution >= 4 is 40.0 Å². The Morgan fingerprint density at radius 3 is 2.58 bits per heavy atom. The van der Waals surface area contributed by atoms with Crippen molar-refractivity contribution in [2.24, 2.45) is 0 Å². The first-order valence-corrected chi connectivity index (χ1v) is 8.03. The molecule has 0 radical (unpaired) electrons. The van der Waals surface area contributed by atoms with Crippen LogP contribution in [-0.4, -0.2) is 19.9 Å². The summed E-state index contributed by atoms with van der Waals surface area (Å²) in [4.78, 5) is 16.5. The van der Waals surface area contributed by atoms with Crippen LogP contribution in [0, 0.1) is 5.82 Å². The van der Waals surface area contributed by atoms with E-state index in [9.17, 15) is 4.39 Å². The Balaban J connectivity index is 1.81. The van der Waals surface area contributed by atoms with E-state index in [-0.39, 0.29) is 16.7 Å². The number of nitrogens with one attached hydrogen (secondary N) is 1. The minimum absolute atomic E-state index is 0.0353. The van der Waals surface area contributed by atoms with Gasteiger partial charge >= 0.3 is 0 Å². The highest BCUT2D eigenvalue weighted by atomic mass is 35.5. The van der Waals surface area contributed by atoms with Gasteiger partial charge in [-0.15, -0.1) is 0 Å². The van der Waals surface area contributed by atoms with E-state index in [1.807, 2.05) is 18.2 Å². The molecule has 0 aliphatic carbocycles. The van der Waals surface area contributed by atoms with Gasteiger partial charge in [0.1, 0.15) is 12.1 Å². The Kier molecular flexibility index (Phi) is 4.06. The first kappa shape index (κ1) is 16.2. The summed E-state index contributed by atoms with van der Waals surface area (Å²) >= 11 is 5.84. The van der Waals surface area contributed by atoms with Crippen LogP contribution in [0.4, 0.5) is 21.8 Å². The molecule has 4 rings (SSSR count). The molecule has 2 aromatic heterocycles. The quantitative estimate of drug-likeness (QED) is 0.564. The van der Waals surface area contributed by atoms with Crippen LogP contribution < -0.4 is 11.1 Å². The summed E-state index contributed by atoms with van der Waals surface area (Å²) in [5, 5.41) is 3.74. The van der Waals surface area contributed by atoms with Gasteiger partial charge in [-0.1, -0.05) is 23.7 Å². The molecule has 0 aliphatic rings. The number of benzene rings is 2. The standard InChI is InChI=1S/C18H12ClFN6/c19-13-2-1-3-15(16(13)20)26-17-12-6-10(4-5-14(12)24-9-25-17)11-7-22-18(21)23-8-11/h1-9H,(H2,21,22,23)(H,24,25,26). The molecular weight excluding hydrogens is 355 g/mol. The average molecular weight is 367 g/mol. The number of nitrogen functional groups attached to an aromatic ring is 1. The maximum atomic E-state index is 14.2. The number of aromatic nitrogens is 4. The van der Waals surface area contributed by atoms with Gasteiger partial charge in [0.2, 0.25) is 5.95 Å². The minimum atomic E-state index is -0.538. The van der Waals surface area contributed by atoms with Crippen molar-refractivity contribution < 1.29 is 4.39 Å². The fourth-order valence-corrected chi connectivity index (χ4v) is 2.73. The summed E-state index contributed by atoms with van der Waals surface area (Å²) in [5.41, 5.74) is 8.14. The zero-order chi connectivity index (χ0) is 18.1. The summed E-state index contributed by atoms with van der Waals surface area (Å²) in [6.07, 6.45) is 4.69. The highest BCUT2D eigenvalue weighted by Crippen LogP contribution is 2.30. The second-order valence-electron chi connectivity index (χ2n) is 5.51. The van der Waals surface area contributed by atoms with Crippen molar-refractivity contribution in [2.45, 2.75) is 0 Å². The predicted octanol–water partition coefficient (Wildman–Crippen LogP) is 4.21. The lowest BCUT2D eigenvalue weighted by Crippen LogP contribution is -1.99. The second-order valence-corrected chi connectivity index (χ2v) is 5.92. The third-order valence-corrected chi connectivity index (χ3v) is 4.14. The van der Waals surface area contributed by atoms with E-state index in [1.165, 1.54) is 12.4 Å². The molecule has 26 heavy (non-hydrogen) atoms. The van der Waals surface area contributed by atoms with Crippen molar-refractivity contribution in [1.82, 2.24) is 19.9 Å². The number of nitrogens with two attached hydrogens (primary N) is 1. The monoisotopic (exact) mass is 366 g/mol. The van der Waals surface area contributed by atoms with E-state index in [0.717, 1.165) is 16.5 Å². The summed E-state index contributed by atoms with van der Waals surface area (Å²) in [7, 11) is 0. The van der Waals surface area contributed by atoms with Gasteiger partial charge in [0, 0.05) is 23.3 Å². The molecule has 0 amide bonds. The van der Waals surface area contributed by atoms with Crippen molar-refractivity contribution in [2.75, 3.05) is 11.1 Å². The summed E-state index contributed by atoms with van der Waals surface area (Å²) in [6, 6.07) is 10.4. The first-order valence-electron chi connectivity index (χ1n) is 7.65. The zero-order valence-electron chi connectivity index (χ0n) is 13.3. The molecule has 6 nitrogen and oxygen atoms in total. The summed E-state index contributed by atoms with van der Waals surface area (Å²) in [5.74, 6) is 0.134. The molecule has 2 aromatic carbocycles. The van der Waals surface area contributed by atoms with Gasteiger partial charge in [0.05, 0.1) is 16.2 Å². The molecule has 0 unspecified atom stereocenters. The molecule has 2 heterocycles. The van der Waals surface area contributed by atoms with Crippen molar-refractivity contribution in [3.05, 3.63) is 66.0 Å². The molecular formula is C18H12ClFN6. The van der Waals surface area contributed by atoms with E-state index < -0.39 is 5.82 Å². The van der Waals surface area contributed by atoms with Gasteiger partial charge in [0.25, 0.3) is 0 Å². The largest absolute Gasteiger partial charge is 0.368 e. The Hall–Kier alpha value is -3.32. The molecule has 0 bridgehead atoms. The summed E-state index contributed by atoms with van der Waals surface area (Å²) < 4.78 is 14.2. The Bertz CT molecular complexity index is 1100. The van der Waals surface area contributed by atoms with Crippen LogP contribution in [0.3, 0.4) is 0 Å². The lowest BCUT2D eigenvalue weighted by molar-refractivity contribution is 0.632. The van der Waals surface area contributed by atoms with E-state index in [0.29, 0.717) is 11.3 Å². The average Bonchev–Trinajstić information content (AvgIpc) is 2.66. The highest BCUT2D eigenvalue weighted by Gasteiger charge is 2.11. The van der Waals surface area contributed by atoms with Crippen LogP contribution in [0.1, 0.15) is 0 Å². The molecule has 0 atom stereocenters. The maximum Gasteiger partial charge on any atom is 0.219 e. The first-order chi connectivity index (χ1) is 12.6. The third-order valence-electron chi connectivity index (χ3n) is 3.85. The zero-order valence-corrected chi connectivity index (χ0v) is 14.1. The van der Waals surface area contributed by atoms with Gasteiger partial charge in [0.15, 0.2) is 5.82 Å². The number of nitrogens with zero attached hydrogens (tertiary/aromatic N) is 4. The molecule has 8 heteroatoms. The molecule has 3 N–H and O–H groups in total. The maximum absolute atomic E-state index is 14.2. The normalized spacial score (nSPS) is 10.8. The van der Waals surface area contributed by atoms with Crippen LogP contribution in [0.2, 0.25) is 5.02 Å². The fraction of sp³-hybridized carbons (Fsp3) is 0. The Morgan fingerprint density at radius 1 is 0.962 bits per heavy atom. The number of halogens is 2. The predicted molar refractivity (Wildman–Crippen MR) is 99.7 cm³/mol. The van der Waals surface area contributed by atoms with Crippen LogP contribution in [0.25, 0.3) is 22.0 Å². The Labute approximate surface area is 152 Å². The van der Waals surface area contributed by atoms with E-state index in [2.05, 4.69) is 25.3 Å². The van der Waals surface area contributed by atoms with Gasteiger partial charge in [-0.2, -0.15) is 0 Å². The van der Waals surface area contributed by atoms with Crippen molar-refractivity contribution in [3.63, 3.8) is 0 Å². The second kappa shape index (κ2) is 6.53. The van der Waals surface area contributed by atoms with Crippen LogP contribution in [-0.2, 0) is 0 Å². The highest BCUT2D eigenvalue weighted by molar-refractivity contribution is 6.31. The SMILES string of the molecule is Nc1ncc(-c2ccc3ncnc(Nc4cccc(Cl)c4F)c3c2)cn1. The van der Waals surface area contributed by atoms with E-state index >= 15 is 0 Å². The topological polar surface area (TPSA) is 89.6 Å². The van der Waals surface area contributed by atoms with E-state index in [1.54, 1.807) is 24.5 Å². The van der Waals surface area contributed by atoms with Gasteiger partial charge < -0.3 is 11.1 Å². The number of hydrogen-bond acceptors (Lipinski definition) is 6. The number of fused-ring (bicyclic) bond motifs is 1. The van der Waals surface area contributed by atoms with E-state index in [4.69, 9.17) is 17.3 Å². The summed E-state index contributed by atoms with van der Waals surface area (Å²) in [6.45, 7) is 0. The molecule has 4 aromatic rings. The van der Waals surface area contributed by atoms with Crippen LogP contribution >= 0.6 is 11.6 Å². The van der Waals surface area contributed by atoms with Crippen molar-refractivity contribution in [3.8, 4) is 11.1 Å². The Morgan fingerprint density at radius 2 is 1.77 bits per heavy atom. The molecule has 0 spiro atoms. The van der Waals surface area contributed by atoms with Crippen LogP contribution in [0.5, 0.6) is 0 Å². The lowest BCUT2D eigenvalue weighted by atomic mass is 10.1. The van der Waals surface area contributed by atoms with Gasteiger partial charge in [-0.05, 0) is 29.8 Å². The van der Waals surface area contributed by atoms with Crippen molar-refractivity contribution in [1.29, 1.82) is 0 Å². The third kappa shape index (κ3) is 3.00. The molecule has 0 saturated heterocycles. The molecule has 0 fully saturated rings. The van der Waals surface area contributed by atoms with Gasteiger partial charge in [-0.3, -0.25) is 0 Å². The minimum Gasteiger partial charge on any atom is -0.368 e. The van der Waals surface area contributed by atoms with Crippen LogP contribution in [0.15, 0.2) is 55.1 Å². The fourth-order valence-electron chi connectivity index (χ4n) is 2.55. The smallest absolute Gasteiger partial charge is 0.219 e.